The Bertz CT molecular complexity index is 672. The minimum atomic E-state index is -0.223. The maximum atomic E-state index is 13.2. The van der Waals surface area contributed by atoms with E-state index in [-0.39, 0.29) is 11.8 Å². The number of carbonyl (C=O) groups excluding carboxylic acids is 1. The molecule has 1 aliphatic heterocycles. The lowest BCUT2D eigenvalue weighted by Gasteiger charge is -2.27. The van der Waals surface area contributed by atoms with Crippen LogP contribution in [-0.4, -0.2) is 37.1 Å². The van der Waals surface area contributed by atoms with Crippen molar-refractivity contribution in [1.29, 1.82) is 0 Å². The Morgan fingerprint density at radius 3 is 2.69 bits per heavy atom. The number of likely N-dealkylation sites (N-methyl/N-ethyl adjacent to an activating group) is 1. The van der Waals surface area contributed by atoms with Crippen LogP contribution in [0.1, 0.15) is 48.5 Å². The number of benzene rings is 1. The van der Waals surface area contributed by atoms with Gasteiger partial charge in [-0.05, 0) is 50.3 Å². The Kier molecular flexibility index (Phi) is 6.51. The molecule has 3 rings (SSSR count). The first-order valence-corrected chi connectivity index (χ1v) is 9.59. The molecule has 2 aromatic rings. The van der Waals surface area contributed by atoms with Crippen LogP contribution < -0.4 is 0 Å². The predicted molar refractivity (Wildman–Crippen MR) is 102 cm³/mol. The van der Waals surface area contributed by atoms with Crippen LogP contribution in [0.5, 0.6) is 0 Å². The molecule has 1 fully saturated rings. The Balaban J connectivity index is 1.67. The highest BCUT2D eigenvalue weighted by molar-refractivity contribution is 5.83. The van der Waals surface area contributed by atoms with Gasteiger partial charge < -0.3 is 14.1 Å². The van der Waals surface area contributed by atoms with Crippen LogP contribution in [0.2, 0.25) is 0 Å². The fraction of sp³-hybridized carbons (Fsp3) is 0.500. The molecule has 2 heterocycles. The minimum absolute atomic E-state index is 0.140. The van der Waals surface area contributed by atoms with Gasteiger partial charge in [0.2, 0.25) is 5.91 Å². The van der Waals surface area contributed by atoms with E-state index in [1.807, 2.05) is 24.1 Å². The van der Waals surface area contributed by atoms with Crippen molar-refractivity contribution >= 4 is 5.91 Å². The van der Waals surface area contributed by atoms with Gasteiger partial charge in [0.15, 0.2) is 0 Å². The van der Waals surface area contributed by atoms with E-state index in [1.165, 1.54) is 12.0 Å². The number of nitrogens with zero attached hydrogens (tertiary/aromatic N) is 1. The second-order valence-electron chi connectivity index (χ2n) is 7.28. The maximum Gasteiger partial charge on any atom is 0.230 e. The lowest BCUT2D eigenvalue weighted by molar-refractivity contribution is -0.132. The van der Waals surface area contributed by atoms with Gasteiger partial charge in [0.05, 0.1) is 18.3 Å². The molecule has 4 heteroatoms. The molecule has 2 atom stereocenters. The molecular weight excluding hydrogens is 326 g/mol. The van der Waals surface area contributed by atoms with Crippen LogP contribution in [0.15, 0.2) is 47.1 Å². The first kappa shape index (κ1) is 18.7. The first-order valence-electron chi connectivity index (χ1n) is 9.59. The fourth-order valence-corrected chi connectivity index (χ4v) is 3.53. The average Bonchev–Trinajstić information content (AvgIpc) is 3.18. The summed E-state index contributed by atoms with van der Waals surface area (Å²) in [5.74, 6) is 0.757. The summed E-state index contributed by atoms with van der Waals surface area (Å²) in [6, 6.07) is 12.0. The fourth-order valence-electron chi connectivity index (χ4n) is 3.53. The molecule has 1 aliphatic rings. The summed E-state index contributed by atoms with van der Waals surface area (Å²) in [5.41, 5.74) is 2.23. The second kappa shape index (κ2) is 9.04. The van der Waals surface area contributed by atoms with Gasteiger partial charge in [-0.1, -0.05) is 29.8 Å². The van der Waals surface area contributed by atoms with E-state index in [0.717, 1.165) is 43.7 Å². The van der Waals surface area contributed by atoms with Gasteiger partial charge in [-0.2, -0.15) is 0 Å². The predicted octanol–water partition coefficient (Wildman–Crippen LogP) is 4.33. The normalized spacial score (nSPS) is 18.5. The van der Waals surface area contributed by atoms with Crippen molar-refractivity contribution in [2.75, 3.05) is 20.2 Å². The summed E-state index contributed by atoms with van der Waals surface area (Å²) in [6.07, 6.45) is 6.94. The van der Waals surface area contributed by atoms with Crippen LogP contribution >= 0.6 is 0 Å². The molecule has 1 aromatic carbocycles. The number of amides is 1. The molecular formula is C22H29NO3. The number of rotatable bonds is 7. The lowest BCUT2D eigenvalue weighted by atomic mass is 9.92. The Morgan fingerprint density at radius 1 is 1.23 bits per heavy atom. The van der Waals surface area contributed by atoms with E-state index in [9.17, 15) is 4.79 Å². The highest BCUT2D eigenvalue weighted by atomic mass is 16.5. The van der Waals surface area contributed by atoms with Crippen molar-refractivity contribution in [2.24, 2.45) is 0 Å². The zero-order valence-corrected chi connectivity index (χ0v) is 15.8. The smallest absolute Gasteiger partial charge is 0.230 e. The van der Waals surface area contributed by atoms with Crippen LogP contribution in [0.25, 0.3) is 0 Å². The molecule has 0 bridgehead atoms. The van der Waals surface area contributed by atoms with Crippen molar-refractivity contribution in [2.45, 2.75) is 51.0 Å². The molecule has 1 aromatic heterocycles. The molecule has 2 unspecified atom stereocenters. The molecule has 1 amide bonds. The topological polar surface area (TPSA) is 42.7 Å². The third-order valence-corrected chi connectivity index (χ3v) is 5.20. The van der Waals surface area contributed by atoms with Crippen molar-refractivity contribution in [3.8, 4) is 0 Å². The highest BCUT2D eigenvalue weighted by Gasteiger charge is 2.26. The number of hydrogen-bond acceptors (Lipinski definition) is 3. The molecule has 4 nitrogen and oxygen atoms in total. The van der Waals surface area contributed by atoms with Crippen molar-refractivity contribution < 1.29 is 13.9 Å². The van der Waals surface area contributed by atoms with E-state index < -0.39 is 0 Å². The van der Waals surface area contributed by atoms with Crippen LogP contribution in [0.4, 0.5) is 0 Å². The third-order valence-electron chi connectivity index (χ3n) is 5.20. The minimum Gasteiger partial charge on any atom is -0.469 e. The van der Waals surface area contributed by atoms with E-state index in [0.29, 0.717) is 12.5 Å². The molecule has 0 N–H and O–H groups in total. The lowest BCUT2D eigenvalue weighted by Crippen LogP contribution is -2.35. The van der Waals surface area contributed by atoms with Crippen LogP contribution in [0.3, 0.4) is 0 Å². The van der Waals surface area contributed by atoms with Crippen molar-refractivity contribution in [3.63, 3.8) is 0 Å². The van der Waals surface area contributed by atoms with Gasteiger partial charge in [-0.3, -0.25) is 4.79 Å². The summed E-state index contributed by atoms with van der Waals surface area (Å²) >= 11 is 0. The summed E-state index contributed by atoms with van der Waals surface area (Å²) in [7, 11) is 1.90. The average molecular weight is 355 g/mol. The molecule has 0 radical (unpaired) electrons. The van der Waals surface area contributed by atoms with Crippen LogP contribution in [-0.2, 0) is 16.0 Å². The summed E-state index contributed by atoms with van der Waals surface area (Å²) < 4.78 is 11.3. The van der Waals surface area contributed by atoms with E-state index in [4.69, 9.17) is 9.15 Å². The van der Waals surface area contributed by atoms with Gasteiger partial charge in [-0.25, -0.2) is 0 Å². The van der Waals surface area contributed by atoms with Gasteiger partial charge >= 0.3 is 0 Å². The van der Waals surface area contributed by atoms with Crippen molar-refractivity contribution in [1.82, 2.24) is 4.90 Å². The van der Waals surface area contributed by atoms with Crippen LogP contribution in [0, 0.1) is 6.92 Å². The molecule has 0 saturated carbocycles. The summed E-state index contributed by atoms with van der Waals surface area (Å²) in [4.78, 5) is 15.0. The summed E-state index contributed by atoms with van der Waals surface area (Å²) in [5, 5.41) is 0. The van der Waals surface area contributed by atoms with E-state index >= 15 is 0 Å². The Morgan fingerprint density at radius 2 is 2.04 bits per heavy atom. The quantitative estimate of drug-likeness (QED) is 0.742. The number of ether oxygens (including phenoxy) is 1. The second-order valence-corrected chi connectivity index (χ2v) is 7.28. The summed E-state index contributed by atoms with van der Waals surface area (Å²) in [6.45, 7) is 3.64. The van der Waals surface area contributed by atoms with Gasteiger partial charge in [-0.15, -0.1) is 0 Å². The van der Waals surface area contributed by atoms with Gasteiger partial charge in [0.25, 0.3) is 0 Å². The number of aryl methyl sites for hydroxylation is 1. The molecule has 0 aliphatic carbocycles. The first-order chi connectivity index (χ1) is 12.6. The zero-order chi connectivity index (χ0) is 18.4. The third kappa shape index (κ3) is 4.98. The Hall–Kier alpha value is -2.07. The molecule has 140 valence electrons. The standard InChI is InChI=1S/C22H29NO3/c1-17-8-10-18(11-9-17)21(16-20-7-5-15-26-20)22(24)23(2)13-12-19-6-3-4-14-25-19/h5,7-11,15,19,21H,3-4,6,12-14,16H2,1-2H3. The number of carbonyl (C=O) groups is 1. The van der Waals surface area contributed by atoms with Crippen molar-refractivity contribution in [3.05, 3.63) is 59.5 Å². The number of furan rings is 1. The SMILES string of the molecule is Cc1ccc(C(Cc2ccco2)C(=O)N(C)CCC2CCCCO2)cc1. The monoisotopic (exact) mass is 355 g/mol. The largest absolute Gasteiger partial charge is 0.469 e. The molecule has 26 heavy (non-hydrogen) atoms. The highest BCUT2D eigenvalue weighted by Crippen LogP contribution is 2.25. The van der Waals surface area contributed by atoms with Gasteiger partial charge in [0.1, 0.15) is 5.76 Å². The van der Waals surface area contributed by atoms with E-state index in [2.05, 4.69) is 31.2 Å². The maximum absolute atomic E-state index is 13.2. The number of hydrogen-bond donors (Lipinski definition) is 0. The Labute approximate surface area is 156 Å². The molecule has 1 saturated heterocycles. The van der Waals surface area contributed by atoms with Gasteiger partial charge in [0, 0.05) is 26.6 Å². The van der Waals surface area contributed by atoms with E-state index in [1.54, 1.807) is 6.26 Å². The molecule has 0 spiro atoms. The zero-order valence-electron chi connectivity index (χ0n) is 15.8.